The van der Waals surface area contributed by atoms with E-state index in [1.807, 2.05) is 24.4 Å². The van der Waals surface area contributed by atoms with Gasteiger partial charge in [-0.25, -0.2) is 4.98 Å². The molecule has 2 N–H and O–H groups in total. The Morgan fingerprint density at radius 2 is 2.00 bits per heavy atom. The number of aromatic nitrogens is 1. The number of rotatable bonds is 7. The van der Waals surface area contributed by atoms with Gasteiger partial charge in [0.2, 0.25) is 5.91 Å². The molecule has 134 valence electrons. The van der Waals surface area contributed by atoms with Crippen LogP contribution >= 0.6 is 22.7 Å². The number of hydrogen-bond acceptors (Lipinski definition) is 6. The summed E-state index contributed by atoms with van der Waals surface area (Å²) in [6.07, 6.45) is 0.116. The minimum Gasteiger partial charge on any atom is -0.492 e. The Labute approximate surface area is 158 Å². The smallest absolute Gasteiger partial charge is 0.258 e. The van der Waals surface area contributed by atoms with Gasteiger partial charge in [-0.15, -0.1) is 11.3 Å². The second-order valence-electron chi connectivity index (χ2n) is 5.26. The molecule has 0 radical (unpaired) electrons. The summed E-state index contributed by atoms with van der Waals surface area (Å²) in [7, 11) is 0. The van der Waals surface area contributed by atoms with Crippen LogP contribution in [0, 0.1) is 0 Å². The zero-order valence-corrected chi connectivity index (χ0v) is 15.7. The number of ether oxygens (including phenoxy) is 1. The second-order valence-corrected chi connectivity index (χ2v) is 6.90. The van der Waals surface area contributed by atoms with Crippen molar-refractivity contribution in [1.82, 2.24) is 4.98 Å². The Balaban J connectivity index is 1.59. The second kappa shape index (κ2) is 8.59. The molecule has 1 aromatic carbocycles. The molecule has 0 unspecified atom stereocenters. The number of thiophene rings is 1. The molecule has 6 nitrogen and oxygen atoms in total. The molecule has 26 heavy (non-hydrogen) atoms. The Hall–Kier alpha value is -2.71. The molecule has 8 heteroatoms. The zero-order chi connectivity index (χ0) is 18.4. The zero-order valence-electron chi connectivity index (χ0n) is 14.0. The van der Waals surface area contributed by atoms with Crippen molar-refractivity contribution in [3.8, 4) is 5.75 Å². The molecule has 0 aliphatic heterocycles. The quantitative estimate of drug-likeness (QED) is 0.641. The van der Waals surface area contributed by atoms with Gasteiger partial charge in [-0.05, 0) is 30.5 Å². The highest BCUT2D eigenvalue weighted by Gasteiger charge is 2.13. The predicted octanol–water partition coefficient (Wildman–Crippen LogP) is 4.04. The van der Waals surface area contributed by atoms with E-state index in [1.165, 1.54) is 22.7 Å². The average Bonchev–Trinajstić information content (AvgIpc) is 3.29. The van der Waals surface area contributed by atoms with Gasteiger partial charge < -0.3 is 10.1 Å². The Morgan fingerprint density at radius 1 is 1.15 bits per heavy atom. The Morgan fingerprint density at radius 3 is 2.77 bits per heavy atom. The summed E-state index contributed by atoms with van der Waals surface area (Å²) >= 11 is 2.75. The van der Waals surface area contributed by atoms with Crippen LogP contribution in [0.15, 0.2) is 46.5 Å². The summed E-state index contributed by atoms with van der Waals surface area (Å²) in [5, 5.41) is 11.4. The molecule has 0 spiro atoms. The van der Waals surface area contributed by atoms with E-state index in [0.29, 0.717) is 34.4 Å². The van der Waals surface area contributed by atoms with Gasteiger partial charge in [-0.2, -0.15) is 11.3 Å². The van der Waals surface area contributed by atoms with E-state index in [1.54, 1.807) is 29.0 Å². The largest absolute Gasteiger partial charge is 0.492 e. The van der Waals surface area contributed by atoms with Gasteiger partial charge in [-0.3, -0.25) is 14.9 Å². The van der Waals surface area contributed by atoms with Gasteiger partial charge in [0.25, 0.3) is 5.91 Å². The number of para-hydroxylation sites is 2. The van der Waals surface area contributed by atoms with Gasteiger partial charge in [0.05, 0.1) is 30.0 Å². The third-order valence-corrected chi connectivity index (χ3v) is 4.85. The van der Waals surface area contributed by atoms with E-state index < -0.39 is 0 Å². The molecule has 0 atom stereocenters. The molecular weight excluding hydrogens is 370 g/mol. The first-order valence-electron chi connectivity index (χ1n) is 7.95. The lowest BCUT2D eigenvalue weighted by atomic mass is 10.2. The number of carbonyl (C=O) groups excluding carboxylic acids is 2. The van der Waals surface area contributed by atoms with E-state index in [4.69, 9.17) is 4.74 Å². The molecule has 3 rings (SSSR count). The van der Waals surface area contributed by atoms with Gasteiger partial charge in [0.15, 0.2) is 5.13 Å². The fourth-order valence-electron chi connectivity index (χ4n) is 2.22. The van der Waals surface area contributed by atoms with Gasteiger partial charge in [0, 0.05) is 10.8 Å². The molecule has 0 saturated carbocycles. The lowest BCUT2D eigenvalue weighted by Gasteiger charge is -2.10. The number of anilines is 2. The van der Waals surface area contributed by atoms with E-state index in [2.05, 4.69) is 15.6 Å². The van der Waals surface area contributed by atoms with Crippen LogP contribution in [-0.2, 0) is 11.2 Å². The standard InChI is InChI=1S/C18H17N3O3S2/c1-2-24-15-6-4-3-5-14(15)20-16(22)9-13-11-26-18(19-13)21-17(23)12-7-8-25-10-12/h3-8,10-11H,2,9H2,1H3,(H,20,22)(H,19,21,23). The molecule has 0 aliphatic rings. The summed E-state index contributed by atoms with van der Waals surface area (Å²) < 4.78 is 5.50. The van der Waals surface area contributed by atoms with Crippen LogP contribution in [0.1, 0.15) is 23.0 Å². The number of benzene rings is 1. The fraction of sp³-hybridized carbons (Fsp3) is 0.167. The van der Waals surface area contributed by atoms with E-state index in [0.717, 1.165) is 0 Å². The monoisotopic (exact) mass is 387 g/mol. The SMILES string of the molecule is CCOc1ccccc1NC(=O)Cc1csc(NC(=O)c2ccsc2)n1. The lowest BCUT2D eigenvalue weighted by molar-refractivity contribution is -0.115. The number of carbonyl (C=O) groups is 2. The average molecular weight is 387 g/mol. The van der Waals surface area contributed by atoms with Crippen LogP contribution < -0.4 is 15.4 Å². The van der Waals surface area contributed by atoms with Crippen LogP contribution in [0.2, 0.25) is 0 Å². The highest BCUT2D eigenvalue weighted by atomic mass is 32.1. The molecule has 3 aromatic rings. The first-order valence-corrected chi connectivity index (χ1v) is 9.77. The topological polar surface area (TPSA) is 80.3 Å². The summed E-state index contributed by atoms with van der Waals surface area (Å²) in [4.78, 5) is 28.6. The van der Waals surface area contributed by atoms with Crippen LogP contribution in [0.4, 0.5) is 10.8 Å². The van der Waals surface area contributed by atoms with Gasteiger partial charge in [-0.1, -0.05) is 12.1 Å². The molecule has 2 heterocycles. The predicted molar refractivity (Wildman–Crippen MR) is 104 cm³/mol. The minimum absolute atomic E-state index is 0.116. The van der Waals surface area contributed by atoms with Crippen molar-refractivity contribution < 1.29 is 14.3 Å². The van der Waals surface area contributed by atoms with Crippen molar-refractivity contribution in [3.63, 3.8) is 0 Å². The molecule has 0 aliphatic carbocycles. The summed E-state index contributed by atoms with van der Waals surface area (Å²) in [5.41, 5.74) is 1.82. The maximum atomic E-state index is 12.3. The number of amides is 2. The first-order chi connectivity index (χ1) is 12.7. The number of nitrogens with one attached hydrogen (secondary N) is 2. The van der Waals surface area contributed by atoms with E-state index >= 15 is 0 Å². The van der Waals surface area contributed by atoms with E-state index in [9.17, 15) is 9.59 Å². The van der Waals surface area contributed by atoms with Crippen molar-refractivity contribution in [3.05, 3.63) is 57.7 Å². The van der Waals surface area contributed by atoms with Crippen molar-refractivity contribution in [2.75, 3.05) is 17.2 Å². The number of hydrogen-bond donors (Lipinski definition) is 2. The van der Waals surface area contributed by atoms with Crippen molar-refractivity contribution in [2.24, 2.45) is 0 Å². The molecule has 0 bridgehead atoms. The minimum atomic E-state index is -0.206. The number of thiazole rings is 1. The molecular formula is C18H17N3O3S2. The third-order valence-electron chi connectivity index (χ3n) is 3.36. The van der Waals surface area contributed by atoms with Gasteiger partial charge in [0.1, 0.15) is 5.75 Å². The molecule has 2 aromatic heterocycles. The van der Waals surface area contributed by atoms with Crippen LogP contribution in [-0.4, -0.2) is 23.4 Å². The molecule has 0 fully saturated rings. The number of nitrogens with zero attached hydrogens (tertiary/aromatic N) is 1. The Kier molecular flexibility index (Phi) is 5.98. The van der Waals surface area contributed by atoms with Crippen LogP contribution in [0.25, 0.3) is 0 Å². The van der Waals surface area contributed by atoms with Crippen molar-refractivity contribution >= 4 is 45.3 Å². The molecule has 0 saturated heterocycles. The van der Waals surface area contributed by atoms with Crippen molar-refractivity contribution in [1.29, 1.82) is 0 Å². The normalized spacial score (nSPS) is 10.3. The van der Waals surface area contributed by atoms with Gasteiger partial charge >= 0.3 is 0 Å². The maximum absolute atomic E-state index is 12.3. The van der Waals surface area contributed by atoms with Crippen LogP contribution in [0.5, 0.6) is 5.75 Å². The summed E-state index contributed by atoms with van der Waals surface area (Å²) in [6.45, 7) is 2.41. The fourth-order valence-corrected chi connectivity index (χ4v) is 3.56. The van der Waals surface area contributed by atoms with E-state index in [-0.39, 0.29) is 18.2 Å². The first kappa shape index (κ1) is 18.1. The highest BCUT2D eigenvalue weighted by Crippen LogP contribution is 2.24. The third kappa shape index (κ3) is 4.68. The summed E-state index contributed by atoms with van der Waals surface area (Å²) in [6, 6.07) is 9.02. The maximum Gasteiger partial charge on any atom is 0.258 e. The lowest BCUT2D eigenvalue weighted by Crippen LogP contribution is -2.15. The molecule has 2 amide bonds. The Bertz CT molecular complexity index is 891. The van der Waals surface area contributed by atoms with Crippen molar-refractivity contribution in [2.45, 2.75) is 13.3 Å². The summed E-state index contributed by atoms with van der Waals surface area (Å²) in [5.74, 6) is 0.228. The van der Waals surface area contributed by atoms with Crippen LogP contribution in [0.3, 0.4) is 0 Å². The highest BCUT2D eigenvalue weighted by molar-refractivity contribution is 7.14.